The van der Waals surface area contributed by atoms with Crippen molar-refractivity contribution in [1.82, 2.24) is 0 Å². The van der Waals surface area contributed by atoms with Gasteiger partial charge in [0.15, 0.2) is 0 Å². The molecule has 3 aromatic carbocycles. The second kappa shape index (κ2) is 14.2. The number of allylic oxidation sites excluding steroid dienone is 2. The van der Waals surface area contributed by atoms with Gasteiger partial charge in [0.05, 0.1) is 5.69 Å². The first-order chi connectivity index (χ1) is 16.3. The van der Waals surface area contributed by atoms with Crippen LogP contribution in [0.1, 0.15) is 75.6 Å². The third kappa shape index (κ3) is 8.90. The summed E-state index contributed by atoms with van der Waals surface area (Å²) in [6.45, 7) is 20.4. The molecule has 0 unspecified atom stereocenters. The van der Waals surface area contributed by atoms with E-state index in [4.69, 9.17) is 17.2 Å². The first-order valence-corrected chi connectivity index (χ1v) is 13.2. The average Bonchev–Trinajstić information content (AvgIpc) is 2.77. The molecule has 0 aromatic heterocycles. The highest BCUT2D eigenvalue weighted by molar-refractivity contribution is 9.11. The lowest BCUT2D eigenvalue weighted by Crippen LogP contribution is -2.02. The average molecular weight is 601 g/mol. The van der Waals surface area contributed by atoms with Crippen molar-refractivity contribution in [2.45, 2.75) is 53.4 Å². The zero-order valence-electron chi connectivity index (χ0n) is 21.8. The molecule has 3 aromatic rings. The summed E-state index contributed by atoms with van der Waals surface area (Å²) in [5.74, 6) is 1.03. The number of hydrogen-bond donors (Lipinski definition) is 3. The van der Waals surface area contributed by atoms with Gasteiger partial charge in [-0.05, 0) is 91.9 Å². The molecule has 0 bridgehead atoms. The Bertz CT molecular complexity index is 1090. The summed E-state index contributed by atoms with van der Waals surface area (Å²) in [4.78, 5) is 0. The summed E-state index contributed by atoms with van der Waals surface area (Å²) in [5, 5.41) is 0. The first kappa shape index (κ1) is 30.5. The van der Waals surface area contributed by atoms with Crippen molar-refractivity contribution in [1.29, 1.82) is 0 Å². The standard InChI is InChI=1S/C12H19N.C12H15N.C6H5Br2N/c2*1-8(2)10-6-5-7-11(9(3)4)12(10)13;7-4-2-1-3-5(8)6(4)9/h5-9H,13H2,1-4H3;5-7H,1,3,13H2,2,4H3;1-3H,9H2. The van der Waals surface area contributed by atoms with Crippen LogP contribution in [0.4, 0.5) is 17.1 Å². The lowest BCUT2D eigenvalue weighted by Gasteiger charge is -2.15. The van der Waals surface area contributed by atoms with Crippen LogP contribution in [0.15, 0.2) is 76.7 Å². The van der Waals surface area contributed by atoms with Gasteiger partial charge in [0.25, 0.3) is 0 Å². The van der Waals surface area contributed by atoms with Crippen molar-refractivity contribution in [2.75, 3.05) is 17.2 Å². The van der Waals surface area contributed by atoms with Crippen molar-refractivity contribution in [3.63, 3.8) is 0 Å². The van der Waals surface area contributed by atoms with Gasteiger partial charge in [0, 0.05) is 31.4 Å². The minimum Gasteiger partial charge on any atom is -0.398 e. The van der Waals surface area contributed by atoms with Crippen LogP contribution >= 0.6 is 31.9 Å². The second-order valence-corrected chi connectivity index (χ2v) is 10.8. The zero-order chi connectivity index (χ0) is 26.9. The van der Waals surface area contributed by atoms with Crippen LogP contribution in [0, 0.1) is 0 Å². The van der Waals surface area contributed by atoms with E-state index >= 15 is 0 Å². The van der Waals surface area contributed by atoms with Crippen molar-refractivity contribution in [3.05, 3.63) is 99.0 Å². The minimum atomic E-state index is 0.513. The van der Waals surface area contributed by atoms with E-state index in [1.807, 2.05) is 50.2 Å². The number of hydrogen-bond acceptors (Lipinski definition) is 3. The zero-order valence-corrected chi connectivity index (χ0v) is 24.9. The molecule has 0 radical (unpaired) electrons. The van der Waals surface area contributed by atoms with E-state index in [2.05, 4.69) is 90.9 Å². The topological polar surface area (TPSA) is 78.1 Å². The largest absolute Gasteiger partial charge is 0.398 e. The number of nitrogen functional groups attached to an aromatic ring is 3. The molecule has 0 heterocycles. The smallest absolute Gasteiger partial charge is 0.0602 e. The van der Waals surface area contributed by atoms with Crippen LogP contribution in [0.5, 0.6) is 0 Å². The molecule has 0 spiro atoms. The predicted octanol–water partition coefficient (Wildman–Crippen LogP) is 9.64. The first-order valence-electron chi connectivity index (χ1n) is 11.6. The van der Waals surface area contributed by atoms with E-state index in [0.717, 1.165) is 48.3 Å². The molecule has 0 aliphatic rings. The minimum absolute atomic E-state index is 0.513. The van der Waals surface area contributed by atoms with E-state index in [1.54, 1.807) is 0 Å². The highest BCUT2D eigenvalue weighted by atomic mass is 79.9. The molecular formula is C30H39Br2N3. The van der Waals surface area contributed by atoms with Crippen LogP contribution in [0.3, 0.4) is 0 Å². The molecular weight excluding hydrogens is 562 g/mol. The van der Waals surface area contributed by atoms with E-state index in [-0.39, 0.29) is 0 Å². The third-order valence-electron chi connectivity index (χ3n) is 5.44. The third-order valence-corrected chi connectivity index (χ3v) is 6.83. The Morgan fingerprint density at radius 1 is 0.600 bits per heavy atom. The van der Waals surface area contributed by atoms with Gasteiger partial charge in [-0.25, -0.2) is 0 Å². The molecule has 0 amide bonds. The van der Waals surface area contributed by atoms with Crippen LogP contribution in [0.25, 0.3) is 11.1 Å². The van der Waals surface area contributed by atoms with Gasteiger partial charge in [-0.1, -0.05) is 83.3 Å². The summed E-state index contributed by atoms with van der Waals surface area (Å²) < 4.78 is 1.86. The van der Waals surface area contributed by atoms with Crippen LogP contribution in [-0.2, 0) is 0 Å². The molecule has 3 rings (SSSR count). The Hall–Kier alpha value is -2.50. The SMILES string of the molecule is C=C(C)c1cccc(C(=C)C)c1N.CC(C)c1cccc(C(C)C)c1N.Nc1c(Br)cccc1Br. The van der Waals surface area contributed by atoms with E-state index in [1.165, 1.54) is 11.1 Å². The summed E-state index contributed by atoms with van der Waals surface area (Å²) in [6, 6.07) is 18.0. The van der Waals surface area contributed by atoms with Crippen LogP contribution in [0.2, 0.25) is 0 Å². The van der Waals surface area contributed by atoms with Crippen LogP contribution in [-0.4, -0.2) is 0 Å². The molecule has 35 heavy (non-hydrogen) atoms. The van der Waals surface area contributed by atoms with Gasteiger partial charge in [0.1, 0.15) is 0 Å². The Morgan fingerprint density at radius 2 is 0.943 bits per heavy atom. The summed E-state index contributed by atoms with van der Waals surface area (Å²) in [5.41, 5.74) is 26.7. The molecule has 188 valence electrons. The maximum atomic E-state index is 6.09. The quantitative estimate of drug-likeness (QED) is 0.261. The van der Waals surface area contributed by atoms with Crippen LogP contribution < -0.4 is 17.2 Å². The van der Waals surface area contributed by atoms with Gasteiger partial charge in [-0.2, -0.15) is 0 Å². The molecule has 0 aliphatic heterocycles. The lowest BCUT2D eigenvalue weighted by molar-refractivity contribution is 0.840. The lowest BCUT2D eigenvalue weighted by atomic mass is 9.93. The molecule has 6 N–H and O–H groups in total. The molecule has 0 fully saturated rings. The van der Waals surface area contributed by atoms with Gasteiger partial charge in [-0.15, -0.1) is 0 Å². The summed E-state index contributed by atoms with van der Waals surface area (Å²) >= 11 is 6.58. The maximum absolute atomic E-state index is 6.09. The monoisotopic (exact) mass is 599 g/mol. The predicted molar refractivity (Wildman–Crippen MR) is 166 cm³/mol. The summed E-state index contributed by atoms with van der Waals surface area (Å²) in [6.07, 6.45) is 0. The van der Waals surface area contributed by atoms with Crippen molar-refractivity contribution < 1.29 is 0 Å². The number of benzene rings is 3. The van der Waals surface area contributed by atoms with Gasteiger partial charge < -0.3 is 17.2 Å². The van der Waals surface area contributed by atoms with Gasteiger partial charge in [-0.3, -0.25) is 0 Å². The number of rotatable bonds is 4. The fourth-order valence-electron chi connectivity index (χ4n) is 3.43. The highest BCUT2D eigenvalue weighted by Gasteiger charge is 2.09. The van der Waals surface area contributed by atoms with Crippen molar-refractivity contribution in [2.24, 2.45) is 0 Å². The van der Waals surface area contributed by atoms with E-state index in [0.29, 0.717) is 11.8 Å². The molecule has 5 heteroatoms. The molecule has 0 saturated heterocycles. The fourth-order valence-corrected chi connectivity index (χ4v) is 4.43. The van der Waals surface area contributed by atoms with E-state index < -0.39 is 0 Å². The molecule has 0 saturated carbocycles. The maximum Gasteiger partial charge on any atom is 0.0602 e. The van der Waals surface area contributed by atoms with Gasteiger partial charge in [0.2, 0.25) is 0 Å². The van der Waals surface area contributed by atoms with E-state index in [9.17, 15) is 0 Å². The Morgan fingerprint density at radius 3 is 1.26 bits per heavy atom. The normalized spacial score (nSPS) is 10.2. The molecule has 0 aliphatic carbocycles. The molecule has 3 nitrogen and oxygen atoms in total. The number of nitrogens with two attached hydrogens (primary N) is 3. The van der Waals surface area contributed by atoms with Crippen molar-refractivity contribution >= 4 is 60.1 Å². The number of para-hydroxylation sites is 3. The second-order valence-electron chi connectivity index (χ2n) is 9.12. The van der Waals surface area contributed by atoms with Gasteiger partial charge >= 0.3 is 0 Å². The number of halogens is 2. The Labute approximate surface area is 228 Å². The highest BCUT2D eigenvalue weighted by Crippen LogP contribution is 2.30. The Kier molecular flexibility index (Phi) is 12.3. The molecule has 0 atom stereocenters. The number of anilines is 3. The fraction of sp³-hybridized carbons (Fsp3) is 0.267. The summed E-state index contributed by atoms with van der Waals surface area (Å²) in [7, 11) is 0. The van der Waals surface area contributed by atoms with Crippen molar-refractivity contribution in [3.8, 4) is 0 Å². The Balaban J connectivity index is 0.000000267.